The number of aliphatic imine (C=N–C) groups is 1. The first-order valence-corrected chi connectivity index (χ1v) is 12.1. The highest BCUT2D eigenvalue weighted by atomic mass is 35.5. The second-order valence-corrected chi connectivity index (χ2v) is 9.25. The SMILES string of the molecule is CCCCCCCN1C(=O)CC(C(=O)Nc2cccc(Cl)c2)SC1=Nc1ccc(F)cc1. The number of amidine groups is 1. The van der Waals surface area contributed by atoms with Crippen molar-refractivity contribution in [1.82, 2.24) is 4.90 Å². The van der Waals surface area contributed by atoms with Gasteiger partial charge in [-0.2, -0.15) is 0 Å². The number of benzene rings is 2. The third kappa shape index (κ3) is 7.07. The van der Waals surface area contributed by atoms with Crippen molar-refractivity contribution in [2.75, 3.05) is 11.9 Å². The van der Waals surface area contributed by atoms with Crippen molar-refractivity contribution in [3.63, 3.8) is 0 Å². The molecule has 1 unspecified atom stereocenters. The first kappa shape index (κ1) is 24.3. The molecule has 1 aliphatic rings. The number of hydrogen-bond donors (Lipinski definition) is 1. The largest absolute Gasteiger partial charge is 0.325 e. The summed E-state index contributed by atoms with van der Waals surface area (Å²) in [5, 5.41) is 3.20. The molecule has 1 aliphatic heterocycles. The number of anilines is 1. The van der Waals surface area contributed by atoms with E-state index in [4.69, 9.17) is 11.6 Å². The third-order valence-electron chi connectivity index (χ3n) is 5.06. The van der Waals surface area contributed by atoms with Crippen LogP contribution in [0.4, 0.5) is 15.8 Å². The second-order valence-electron chi connectivity index (χ2n) is 7.64. The Hall–Kier alpha value is -2.38. The summed E-state index contributed by atoms with van der Waals surface area (Å²) in [7, 11) is 0. The lowest BCUT2D eigenvalue weighted by Gasteiger charge is -2.32. The van der Waals surface area contributed by atoms with Gasteiger partial charge in [0.2, 0.25) is 11.8 Å². The average molecular weight is 476 g/mol. The Kier molecular flexibility index (Phi) is 9.11. The number of carbonyl (C=O) groups is 2. The molecule has 0 spiro atoms. The molecule has 1 atom stereocenters. The summed E-state index contributed by atoms with van der Waals surface area (Å²) in [5.74, 6) is -0.765. The van der Waals surface area contributed by atoms with Gasteiger partial charge in [-0.05, 0) is 48.9 Å². The number of thioether (sulfide) groups is 1. The number of halogens is 2. The first-order valence-electron chi connectivity index (χ1n) is 10.8. The molecular weight excluding hydrogens is 449 g/mol. The smallest absolute Gasteiger partial charge is 0.238 e. The highest BCUT2D eigenvalue weighted by Crippen LogP contribution is 2.30. The molecule has 1 heterocycles. The van der Waals surface area contributed by atoms with Gasteiger partial charge in [0.1, 0.15) is 11.1 Å². The Balaban J connectivity index is 1.75. The van der Waals surface area contributed by atoms with E-state index in [1.807, 2.05) is 0 Å². The Morgan fingerprint density at radius 3 is 2.66 bits per heavy atom. The van der Waals surface area contributed by atoms with Gasteiger partial charge in [0.05, 0.1) is 5.69 Å². The molecule has 1 saturated heterocycles. The summed E-state index contributed by atoms with van der Waals surface area (Å²) >= 11 is 7.26. The number of carbonyl (C=O) groups excluding carboxylic acids is 2. The standard InChI is InChI=1S/C24H27ClFN3O2S/c1-2-3-4-5-6-14-29-22(30)16-21(23(31)27-20-9-7-8-17(25)15-20)32-24(29)28-19-12-10-18(26)11-13-19/h7-13,15,21H,2-6,14,16H2,1H3,(H,27,31). The van der Waals surface area contributed by atoms with E-state index < -0.39 is 5.25 Å². The number of nitrogens with zero attached hydrogens (tertiary/aromatic N) is 2. The van der Waals surface area contributed by atoms with Gasteiger partial charge in [-0.15, -0.1) is 0 Å². The molecule has 32 heavy (non-hydrogen) atoms. The van der Waals surface area contributed by atoms with Crippen LogP contribution in [-0.2, 0) is 9.59 Å². The van der Waals surface area contributed by atoms with E-state index in [1.54, 1.807) is 41.3 Å². The van der Waals surface area contributed by atoms with E-state index in [1.165, 1.54) is 30.3 Å². The first-order chi connectivity index (χ1) is 15.5. The van der Waals surface area contributed by atoms with Crippen LogP contribution >= 0.6 is 23.4 Å². The summed E-state index contributed by atoms with van der Waals surface area (Å²) in [6, 6.07) is 12.6. The molecule has 170 valence electrons. The molecule has 1 fully saturated rings. The molecule has 0 bridgehead atoms. The number of amides is 2. The fourth-order valence-corrected chi connectivity index (χ4v) is 4.66. The van der Waals surface area contributed by atoms with Crippen molar-refractivity contribution in [3.8, 4) is 0 Å². The Morgan fingerprint density at radius 2 is 1.94 bits per heavy atom. The molecule has 2 aromatic rings. The van der Waals surface area contributed by atoms with Crippen molar-refractivity contribution in [2.45, 2.75) is 50.7 Å². The van der Waals surface area contributed by atoms with Gasteiger partial charge in [-0.25, -0.2) is 9.38 Å². The molecule has 0 saturated carbocycles. The number of unbranched alkanes of at least 4 members (excludes halogenated alkanes) is 4. The van der Waals surface area contributed by atoms with Gasteiger partial charge in [-0.1, -0.05) is 62.0 Å². The van der Waals surface area contributed by atoms with Crippen molar-refractivity contribution < 1.29 is 14.0 Å². The zero-order valence-corrected chi connectivity index (χ0v) is 19.6. The maximum atomic E-state index is 13.3. The van der Waals surface area contributed by atoms with Gasteiger partial charge >= 0.3 is 0 Å². The summed E-state index contributed by atoms with van der Waals surface area (Å²) in [6.45, 7) is 2.71. The lowest BCUT2D eigenvalue weighted by Crippen LogP contribution is -2.45. The van der Waals surface area contributed by atoms with Gasteiger partial charge < -0.3 is 5.32 Å². The summed E-state index contributed by atoms with van der Waals surface area (Å²) in [6.07, 6.45) is 5.44. The van der Waals surface area contributed by atoms with Crippen molar-refractivity contribution in [3.05, 3.63) is 59.4 Å². The number of hydrogen-bond acceptors (Lipinski definition) is 4. The third-order valence-corrected chi connectivity index (χ3v) is 6.48. The van der Waals surface area contributed by atoms with Crippen LogP contribution in [0.2, 0.25) is 5.02 Å². The lowest BCUT2D eigenvalue weighted by atomic mass is 10.1. The van der Waals surface area contributed by atoms with Gasteiger partial charge in [0.15, 0.2) is 5.17 Å². The van der Waals surface area contributed by atoms with E-state index in [9.17, 15) is 14.0 Å². The molecular formula is C24H27ClFN3O2S. The maximum Gasteiger partial charge on any atom is 0.238 e. The van der Waals surface area contributed by atoms with Gasteiger partial charge in [0, 0.05) is 23.7 Å². The van der Waals surface area contributed by atoms with Crippen LogP contribution < -0.4 is 5.32 Å². The van der Waals surface area contributed by atoms with E-state index in [0.717, 1.165) is 25.7 Å². The van der Waals surface area contributed by atoms with Crippen LogP contribution in [0.15, 0.2) is 53.5 Å². The van der Waals surface area contributed by atoms with Crippen molar-refractivity contribution >= 4 is 51.7 Å². The zero-order chi connectivity index (χ0) is 22.9. The van der Waals surface area contributed by atoms with Crippen molar-refractivity contribution in [2.24, 2.45) is 4.99 Å². The van der Waals surface area contributed by atoms with E-state index in [2.05, 4.69) is 17.2 Å². The summed E-state index contributed by atoms with van der Waals surface area (Å²) < 4.78 is 13.3. The predicted octanol–water partition coefficient (Wildman–Crippen LogP) is 6.41. The molecule has 0 aliphatic carbocycles. The quantitative estimate of drug-likeness (QED) is 0.426. The molecule has 2 aromatic carbocycles. The second kappa shape index (κ2) is 12.0. The Labute approximate surface area is 197 Å². The maximum absolute atomic E-state index is 13.3. The molecule has 5 nitrogen and oxygen atoms in total. The zero-order valence-electron chi connectivity index (χ0n) is 18.0. The molecule has 3 rings (SSSR count). The van der Waals surface area contributed by atoms with E-state index in [-0.39, 0.29) is 24.1 Å². The highest BCUT2D eigenvalue weighted by molar-refractivity contribution is 8.15. The van der Waals surface area contributed by atoms with Gasteiger partial charge in [-0.3, -0.25) is 14.5 Å². The Morgan fingerprint density at radius 1 is 1.19 bits per heavy atom. The number of nitrogens with one attached hydrogen (secondary N) is 1. The van der Waals surface area contributed by atoms with Crippen LogP contribution in [0.25, 0.3) is 0 Å². The monoisotopic (exact) mass is 475 g/mol. The van der Waals surface area contributed by atoms with Crippen LogP contribution in [0.5, 0.6) is 0 Å². The predicted molar refractivity (Wildman–Crippen MR) is 130 cm³/mol. The molecule has 2 amide bonds. The van der Waals surface area contributed by atoms with Crippen molar-refractivity contribution in [1.29, 1.82) is 0 Å². The fraction of sp³-hybridized carbons (Fsp3) is 0.375. The normalized spacial score (nSPS) is 17.6. The van der Waals surface area contributed by atoms with Crippen LogP contribution in [0.1, 0.15) is 45.4 Å². The summed E-state index contributed by atoms with van der Waals surface area (Å²) in [4.78, 5) is 32.0. The van der Waals surface area contributed by atoms with E-state index in [0.29, 0.717) is 28.1 Å². The van der Waals surface area contributed by atoms with Gasteiger partial charge in [0.25, 0.3) is 0 Å². The minimum Gasteiger partial charge on any atom is -0.325 e. The lowest BCUT2D eigenvalue weighted by molar-refractivity contribution is -0.129. The highest BCUT2D eigenvalue weighted by Gasteiger charge is 2.35. The minimum absolute atomic E-state index is 0.0917. The Bertz CT molecular complexity index is 968. The molecule has 0 radical (unpaired) electrons. The average Bonchev–Trinajstić information content (AvgIpc) is 2.76. The van der Waals surface area contributed by atoms with Crippen LogP contribution in [0.3, 0.4) is 0 Å². The topological polar surface area (TPSA) is 61.8 Å². The van der Waals surface area contributed by atoms with Crippen LogP contribution in [0, 0.1) is 5.82 Å². The fourth-order valence-electron chi connectivity index (χ4n) is 3.35. The molecule has 8 heteroatoms. The van der Waals surface area contributed by atoms with E-state index >= 15 is 0 Å². The van der Waals surface area contributed by atoms with Crippen LogP contribution in [-0.4, -0.2) is 33.7 Å². The molecule has 1 N–H and O–H groups in total. The number of rotatable bonds is 9. The minimum atomic E-state index is -0.614. The summed E-state index contributed by atoms with van der Waals surface area (Å²) in [5.41, 5.74) is 1.11. The molecule has 0 aromatic heterocycles.